The summed E-state index contributed by atoms with van der Waals surface area (Å²) in [4.78, 5) is 61.3. The van der Waals surface area contributed by atoms with E-state index in [1.165, 1.54) is 96.0 Å². The van der Waals surface area contributed by atoms with Crippen LogP contribution < -0.4 is 11.3 Å². The van der Waals surface area contributed by atoms with Crippen molar-refractivity contribution in [3.63, 3.8) is 0 Å². The molecule has 27 nitrogen and oxygen atoms in total. The first kappa shape index (κ1) is 67.1. The van der Waals surface area contributed by atoms with Crippen LogP contribution in [-0.2, 0) is 24.4 Å². The smallest absolute Gasteiger partial charge is 0.295 e. The minimum atomic E-state index is -0.569. The summed E-state index contributed by atoms with van der Waals surface area (Å²) in [7, 11) is 4.20. The standard InChI is InChI=1S/C16H15FN6OS.C10H14N6S.C10H13N5S.C8H16N2O.C7H4ClFO.C4H6N4OS/c1-9-13-19-20-14(15-18-10(2)21-25-15)23(13)8-7-22(9)16(24)11-3-5-12(17)6-4-11;1-6-8-12-13-9(10-11-7(2)14-17-10)16(8)5-4-15(6)3;1-6-4-3-5-15-8(6)12-13-9(15)10-11-7(2)14-16-10;1-4-11-8-7(2)10(3)6-5-9-8;8-7(10)5-1-3-6(9)4-2-5;1-2-6-4(10-8-2)3(9)7-5/h3-6,9H,7-8H2,1-2H3;6H,4-5H2,1-3H3;6H,3-5H2,1-2H3;7H,4-6H2,1-3H3;1-4H;5H2,1H3,(H,7,9)/t9-;2*6-;7-;;/m1101../s1. The summed E-state index contributed by atoms with van der Waals surface area (Å²) in [6, 6.07) is 11.1. The van der Waals surface area contributed by atoms with E-state index < -0.39 is 11.1 Å². The van der Waals surface area contributed by atoms with Crippen molar-refractivity contribution in [3.8, 4) is 32.5 Å². The molecule has 0 saturated heterocycles. The second-order valence-electron chi connectivity index (χ2n) is 20.6. The Balaban J connectivity index is 0.000000143. The van der Waals surface area contributed by atoms with Gasteiger partial charge in [0.05, 0.1) is 31.3 Å². The van der Waals surface area contributed by atoms with E-state index in [-0.39, 0.29) is 23.6 Å². The van der Waals surface area contributed by atoms with Gasteiger partial charge in [-0.3, -0.25) is 34.6 Å². The van der Waals surface area contributed by atoms with Crippen molar-refractivity contribution >= 4 is 80.7 Å². The number of nitrogens with one attached hydrogen (secondary N) is 1. The molecule has 7 aromatic heterocycles. The van der Waals surface area contributed by atoms with E-state index in [1.807, 2.05) is 44.6 Å². The monoisotopic (exact) mass is 1320 g/mol. The number of rotatable bonds is 7. The SMILES string of the molecule is CCOC1=NCCN(C)[C@@H]1C.Cc1nsc(-c2nnc3n2CCC[C@@H]3C)n1.Cc1nsc(-c2nnc3n2CCN(C(=O)c2ccc(F)cc2)[C@@H]3C)n1.Cc1nsc(-c2nnc3n2CCN(C)[C@@H]3C)n1.Cc1nsc(C(=O)NN)n1.O=C(Cl)c1ccc(F)cc1. The van der Waals surface area contributed by atoms with E-state index in [0.29, 0.717) is 70.5 Å². The largest absolute Gasteiger partial charge is 0.480 e. The number of amides is 2. The number of nitrogens with two attached hydrogens (primary N) is 1. The van der Waals surface area contributed by atoms with Crippen LogP contribution in [0.2, 0.25) is 0 Å². The lowest BCUT2D eigenvalue weighted by Gasteiger charge is -2.33. The first-order valence-electron chi connectivity index (χ1n) is 28.3. The molecule has 472 valence electrons. The number of aromatic nitrogens is 17. The third-order valence-electron chi connectivity index (χ3n) is 14.4. The molecule has 0 radical (unpaired) electrons. The molecule has 0 spiro atoms. The highest BCUT2D eigenvalue weighted by atomic mass is 35.5. The summed E-state index contributed by atoms with van der Waals surface area (Å²) in [5.74, 6) is 13.1. The fourth-order valence-corrected chi connectivity index (χ4v) is 12.0. The number of hydrazine groups is 1. The Bertz CT molecular complexity index is 3840. The van der Waals surface area contributed by atoms with E-state index in [0.717, 1.165) is 107 Å². The zero-order chi connectivity index (χ0) is 64.1. The molecule has 13 rings (SSSR count). The molecule has 4 aliphatic rings. The van der Waals surface area contributed by atoms with Gasteiger partial charge in [0.15, 0.2) is 44.1 Å². The van der Waals surface area contributed by atoms with Gasteiger partial charge in [0, 0.05) is 56.3 Å². The maximum Gasteiger partial charge on any atom is 0.295 e. The molecule has 0 fully saturated rings. The molecule has 2 aromatic carbocycles. The van der Waals surface area contributed by atoms with Crippen LogP contribution in [0.5, 0.6) is 0 Å². The van der Waals surface area contributed by atoms with Gasteiger partial charge in [-0.05, 0) is 189 Å². The van der Waals surface area contributed by atoms with Gasteiger partial charge in [-0.2, -0.15) is 17.5 Å². The maximum absolute atomic E-state index is 13.1. The third-order valence-corrected chi connectivity index (χ3v) is 17.8. The van der Waals surface area contributed by atoms with E-state index >= 15 is 0 Å². The second kappa shape index (κ2) is 31.1. The topological polar surface area (TPSA) is 316 Å². The zero-order valence-electron chi connectivity index (χ0n) is 50.9. The second-order valence-corrected chi connectivity index (χ2v) is 24.0. The van der Waals surface area contributed by atoms with E-state index in [9.17, 15) is 23.2 Å². The Morgan fingerprint density at radius 3 is 1.53 bits per heavy atom. The molecular formula is C55H68ClF2N23O4S4. The molecule has 0 unspecified atom stereocenters. The lowest BCUT2D eigenvalue weighted by molar-refractivity contribution is 0.0638. The third kappa shape index (κ3) is 16.9. The van der Waals surface area contributed by atoms with Crippen molar-refractivity contribution in [1.82, 2.24) is 102 Å². The van der Waals surface area contributed by atoms with Crippen LogP contribution in [0.3, 0.4) is 0 Å². The zero-order valence-corrected chi connectivity index (χ0v) is 54.9. The van der Waals surface area contributed by atoms with Crippen molar-refractivity contribution in [2.75, 3.05) is 46.9 Å². The molecule has 0 bridgehead atoms. The van der Waals surface area contributed by atoms with Gasteiger partial charge in [0.2, 0.25) is 10.9 Å². The molecule has 2 amide bonds. The highest BCUT2D eigenvalue weighted by Crippen LogP contribution is 2.32. The predicted octanol–water partition coefficient (Wildman–Crippen LogP) is 7.98. The summed E-state index contributed by atoms with van der Waals surface area (Å²) < 4.78 is 53.3. The van der Waals surface area contributed by atoms with Gasteiger partial charge in [0.25, 0.3) is 17.1 Å². The van der Waals surface area contributed by atoms with Crippen LogP contribution in [0.4, 0.5) is 8.78 Å². The minimum absolute atomic E-state index is 0.143. The van der Waals surface area contributed by atoms with Crippen molar-refractivity contribution in [3.05, 3.63) is 117 Å². The summed E-state index contributed by atoms with van der Waals surface area (Å²) in [6.07, 6.45) is 2.39. The number of aryl methyl sites for hydroxylation is 4. The number of benzene rings is 2. The lowest BCUT2D eigenvalue weighted by atomic mass is 10.0. The molecule has 11 heterocycles. The van der Waals surface area contributed by atoms with Gasteiger partial charge in [0.1, 0.15) is 40.8 Å². The van der Waals surface area contributed by atoms with Gasteiger partial charge < -0.3 is 23.3 Å². The average Bonchev–Trinajstić information content (AvgIpc) is 1.77. The van der Waals surface area contributed by atoms with Crippen LogP contribution in [0.15, 0.2) is 53.5 Å². The summed E-state index contributed by atoms with van der Waals surface area (Å²) in [6.45, 7) is 24.4. The minimum Gasteiger partial charge on any atom is -0.480 e. The molecule has 3 N–H and O–H groups in total. The van der Waals surface area contributed by atoms with Crippen molar-refractivity contribution in [2.45, 2.75) is 119 Å². The van der Waals surface area contributed by atoms with Crippen molar-refractivity contribution in [1.29, 1.82) is 0 Å². The van der Waals surface area contributed by atoms with Crippen LogP contribution in [0.1, 0.15) is 137 Å². The quantitative estimate of drug-likeness (QED) is 0.0661. The summed E-state index contributed by atoms with van der Waals surface area (Å²) >= 11 is 10.2. The Labute approximate surface area is 533 Å². The first-order valence-corrected chi connectivity index (χ1v) is 31.7. The predicted molar refractivity (Wildman–Crippen MR) is 334 cm³/mol. The summed E-state index contributed by atoms with van der Waals surface area (Å²) in [5.41, 5.74) is 2.73. The van der Waals surface area contributed by atoms with Crippen LogP contribution in [0.25, 0.3) is 32.5 Å². The number of aliphatic imine (C=N–C) groups is 1. The van der Waals surface area contributed by atoms with E-state index in [1.54, 1.807) is 11.8 Å². The fourth-order valence-electron chi connectivity index (χ4n) is 9.32. The number of hydrogen-bond acceptors (Lipinski definition) is 26. The van der Waals surface area contributed by atoms with Crippen LogP contribution >= 0.6 is 57.7 Å². The van der Waals surface area contributed by atoms with Gasteiger partial charge in [-0.25, -0.2) is 34.6 Å². The summed E-state index contributed by atoms with van der Waals surface area (Å²) in [5, 5.41) is 27.8. The fraction of sp³-hybridized carbons (Fsp3) is 0.455. The maximum atomic E-state index is 13.1. The van der Waals surface area contributed by atoms with Crippen LogP contribution in [0, 0.1) is 39.3 Å². The lowest BCUT2D eigenvalue weighted by Crippen LogP contribution is -2.42. The number of nitrogens with zero attached hydrogens (tertiary/aromatic N) is 21. The molecule has 0 saturated carbocycles. The number of likely N-dealkylation sites (N-methyl/N-ethyl adjacent to an activating group) is 2. The number of carbonyl (C=O) groups is 3. The molecular weight excluding hydrogens is 1250 g/mol. The van der Waals surface area contributed by atoms with Gasteiger partial charge in [-0.15, -0.1) is 30.6 Å². The number of carbonyl (C=O) groups excluding carboxylic acids is 3. The van der Waals surface area contributed by atoms with Gasteiger partial charge >= 0.3 is 0 Å². The Kier molecular flexibility index (Phi) is 23.5. The number of nitrogen functional groups attached to an aromatic ring is 1. The first-order chi connectivity index (χ1) is 42.6. The van der Waals surface area contributed by atoms with E-state index in [2.05, 4.69) is 127 Å². The Morgan fingerprint density at radius 2 is 1.06 bits per heavy atom. The average molecular weight is 1320 g/mol. The van der Waals surface area contributed by atoms with Gasteiger partial charge in [-0.1, -0.05) is 6.92 Å². The Morgan fingerprint density at radius 1 is 0.596 bits per heavy atom. The number of hydrogen-bond donors (Lipinski definition) is 2. The molecule has 4 aliphatic heterocycles. The molecule has 89 heavy (non-hydrogen) atoms. The highest BCUT2D eigenvalue weighted by Gasteiger charge is 2.33. The van der Waals surface area contributed by atoms with Crippen LogP contribution in [-0.4, -0.2) is 172 Å². The van der Waals surface area contributed by atoms with Crippen molar-refractivity contribution < 1.29 is 27.9 Å². The van der Waals surface area contributed by atoms with Crippen molar-refractivity contribution in [2.24, 2.45) is 10.8 Å². The normalized spacial score (nSPS) is 17.6. The number of ether oxygens (including phenoxy) is 1. The molecule has 4 atom stereocenters. The molecule has 9 aromatic rings. The highest BCUT2D eigenvalue weighted by molar-refractivity contribution is 7.09. The molecule has 34 heteroatoms. The van der Waals surface area contributed by atoms with E-state index in [4.69, 9.17) is 22.2 Å². The number of fused-ring (bicyclic) bond motifs is 3. The molecule has 0 aliphatic carbocycles. The Hall–Kier alpha value is -7.79. The number of halogens is 3.